The zero-order valence-electron chi connectivity index (χ0n) is 19.8. The van der Waals surface area contributed by atoms with E-state index in [1.165, 1.54) is 17.0 Å². The Morgan fingerprint density at radius 2 is 1.65 bits per heavy atom. The topological polar surface area (TPSA) is 58.6 Å². The van der Waals surface area contributed by atoms with Crippen molar-refractivity contribution in [2.75, 3.05) is 6.61 Å². The van der Waals surface area contributed by atoms with Crippen LogP contribution in [-0.2, 0) is 22.6 Å². The second kappa shape index (κ2) is 12.0. The van der Waals surface area contributed by atoms with Gasteiger partial charge in [-0.3, -0.25) is 9.59 Å². The second-order valence-electron chi connectivity index (χ2n) is 8.62. The van der Waals surface area contributed by atoms with Crippen molar-refractivity contribution in [1.82, 2.24) is 10.2 Å². The van der Waals surface area contributed by atoms with Crippen LogP contribution in [0, 0.1) is 12.7 Å². The molecule has 0 bridgehead atoms. The molecule has 0 heterocycles. The molecule has 178 valence electrons. The van der Waals surface area contributed by atoms with Gasteiger partial charge in [0.25, 0.3) is 5.91 Å². The van der Waals surface area contributed by atoms with Crippen molar-refractivity contribution < 1.29 is 18.7 Å². The van der Waals surface area contributed by atoms with Crippen molar-refractivity contribution in [3.63, 3.8) is 0 Å². The van der Waals surface area contributed by atoms with Gasteiger partial charge in [0.05, 0.1) is 0 Å². The molecule has 0 unspecified atom stereocenters. The van der Waals surface area contributed by atoms with E-state index in [0.29, 0.717) is 12.2 Å². The summed E-state index contributed by atoms with van der Waals surface area (Å²) in [6.45, 7) is 5.64. The first kappa shape index (κ1) is 25.0. The van der Waals surface area contributed by atoms with Gasteiger partial charge >= 0.3 is 0 Å². The molecule has 0 radical (unpaired) electrons. The highest BCUT2D eigenvalue weighted by Gasteiger charge is 2.31. The van der Waals surface area contributed by atoms with Crippen LogP contribution in [0.4, 0.5) is 4.39 Å². The molecule has 0 aliphatic rings. The van der Waals surface area contributed by atoms with Gasteiger partial charge in [0.2, 0.25) is 5.91 Å². The lowest BCUT2D eigenvalue weighted by molar-refractivity contribution is -0.143. The molecule has 0 saturated carbocycles. The van der Waals surface area contributed by atoms with Crippen LogP contribution < -0.4 is 10.1 Å². The summed E-state index contributed by atoms with van der Waals surface area (Å²) in [4.78, 5) is 28.2. The summed E-state index contributed by atoms with van der Waals surface area (Å²) >= 11 is 0. The zero-order valence-corrected chi connectivity index (χ0v) is 19.8. The Hall–Kier alpha value is -3.67. The molecule has 0 saturated heterocycles. The van der Waals surface area contributed by atoms with Gasteiger partial charge in [-0.1, -0.05) is 54.6 Å². The summed E-state index contributed by atoms with van der Waals surface area (Å²) in [5, 5.41) is 2.94. The minimum Gasteiger partial charge on any atom is -0.484 e. The van der Waals surface area contributed by atoms with Crippen LogP contribution in [-0.4, -0.2) is 35.4 Å². The van der Waals surface area contributed by atoms with Crippen molar-refractivity contribution in [2.45, 2.75) is 45.8 Å². The Balaban J connectivity index is 1.90. The molecule has 3 aromatic carbocycles. The van der Waals surface area contributed by atoms with Crippen molar-refractivity contribution in [3.05, 3.63) is 101 Å². The third-order valence-electron chi connectivity index (χ3n) is 5.32. The predicted octanol–water partition coefficient (Wildman–Crippen LogP) is 4.68. The largest absolute Gasteiger partial charge is 0.484 e. The average Bonchev–Trinajstić information content (AvgIpc) is 2.81. The fourth-order valence-electron chi connectivity index (χ4n) is 3.65. The number of amides is 2. The van der Waals surface area contributed by atoms with Gasteiger partial charge in [-0.15, -0.1) is 0 Å². The van der Waals surface area contributed by atoms with E-state index < -0.39 is 6.04 Å². The molecule has 6 heteroatoms. The molecule has 2 amide bonds. The number of nitrogens with zero attached hydrogens (tertiary/aromatic N) is 1. The highest BCUT2D eigenvalue weighted by Crippen LogP contribution is 2.17. The summed E-state index contributed by atoms with van der Waals surface area (Å²) in [6.07, 6.45) is 0.344. The Bertz CT molecular complexity index is 1080. The third-order valence-corrected chi connectivity index (χ3v) is 5.32. The highest BCUT2D eigenvalue weighted by atomic mass is 19.1. The number of benzene rings is 3. The summed E-state index contributed by atoms with van der Waals surface area (Å²) in [7, 11) is 0. The van der Waals surface area contributed by atoms with E-state index in [1.807, 2.05) is 69.3 Å². The van der Waals surface area contributed by atoms with Crippen molar-refractivity contribution in [1.29, 1.82) is 0 Å². The molecule has 0 fully saturated rings. The summed E-state index contributed by atoms with van der Waals surface area (Å²) in [6, 6.07) is 22.1. The number of ether oxygens (including phenoxy) is 1. The van der Waals surface area contributed by atoms with Gasteiger partial charge in [0.15, 0.2) is 6.61 Å². The minimum atomic E-state index is -0.761. The molecule has 3 aromatic rings. The number of halogens is 1. The molecule has 5 nitrogen and oxygen atoms in total. The maximum Gasteiger partial charge on any atom is 0.261 e. The molecular weight excluding hydrogens is 431 g/mol. The average molecular weight is 463 g/mol. The van der Waals surface area contributed by atoms with E-state index in [1.54, 1.807) is 18.2 Å². The minimum absolute atomic E-state index is 0.0860. The van der Waals surface area contributed by atoms with Crippen molar-refractivity contribution >= 4 is 11.8 Å². The Morgan fingerprint density at radius 1 is 0.941 bits per heavy atom. The molecule has 0 spiro atoms. The van der Waals surface area contributed by atoms with Crippen molar-refractivity contribution in [2.24, 2.45) is 0 Å². The summed E-state index contributed by atoms with van der Waals surface area (Å²) in [5.74, 6) is -0.348. The molecule has 3 rings (SSSR count). The van der Waals surface area contributed by atoms with Crippen LogP contribution in [0.2, 0.25) is 0 Å². The molecule has 1 atom stereocenters. The van der Waals surface area contributed by atoms with Crippen LogP contribution in [0.15, 0.2) is 78.9 Å². The maximum absolute atomic E-state index is 13.5. The predicted molar refractivity (Wildman–Crippen MR) is 131 cm³/mol. The lowest BCUT2D eigenvalue weighted by atomic mass is 10.0. The number of rotatable bonds is 10. The van der Waals surface area contributed by atoms with Crippen molar-refractivity contribution in [3.8, 4) is 5.75 Å². The molecule has 0 aliphatic heterocycles. The fraction of sp³-hybridized carbons (Fsp3) is 0.286. The van der Waals surface area contributed by atoms with Crippen LogP contribution >= 0.6 is 0 Å². The first-order valence-corrected chi connectivity index (χ1v) is 11.4. The smallest absolute Gasteiger partial charge is 0.261 e. The molecule has 1 N–H and O–H groups in total. The van der Waals surface area contributed by atoms with Gasteiger partial charge in [-0.05, 0) is 61.7 Å². The zero-order chi connectivity index (χ0) is 24.5. The SMILES string of the molecule is Cc1cccc(OCC(=O)N(Cc2ccc(F)cc2)[C@H](Cc2ccccc2)C(=O)NC(C)C)c1. The quantitative estimate of drug-likeness (QED) is 0.476. The molecular formula is C28H31FN2O3. The van der Waals surface area contributed by atoms with Gasteiger partial charge in [-0.25, -0.2) is 4.39 Å². The van der Waals surface area contributed by atoms with E-state index in [9.17, 15) is 14.0 Å². The molecule has 0 aromatic heterocycles. The molecule has 34 heavy (non-hydrogen) atoms. The van der Waals surface area contributed by atoms with Crippen LogP contribution in [0.5, 0.6) is 5.75 Å². The van der Waals surface area contributed by atoms with Gasteiger partial charge in [-0.2, -0.15) is 0 Å². The molecule has 0 aliphatic carbocycles. The number of hydrogen-bond donors (Lipinski definition) is 1. The van der Waals surface area contributed by atoms with Gasteiger partial charge < -0.3 is 15.0 Å². The Kier molecular flexibility index (Phi) is 8.79. The normalized spacial score (nSPS) is 11.7. The summed E-state index contributed by atoms with van der Waals surface area (Å²) in [5.41, 5.74) is 2.68. The van der Waals surface area contributed by atoms with Crippen LogP contribution in [0.1, 0.15) is 30.5 Å². The first-order valence-electron chi connectivity index (χ1n) is 11.4. The third kappa shape index (κ3) is 7.44. The fourth-order valence-corrected chi connectivity index (χ4v) is 3.65. The second-order valence-corrected chi connectivity index (χ2v) is 8.62. The van der Waals surface area contributed by atoms with Gasteiger partial charge in [0.1, 0.15) is 17.6 Å². The van der Waals surface area contributed by atoms with Crippen LogP contribution in [0.25, 0.3) is 0 Å². The Labute approximate surface area is 200 Å². The van der Waals surface area contributed by atoms with E-state index in [0.717, 1.165) is 16.7 Å². The number of carbonyl (C=O) groups excluding carboxylic acids is 2. The number of carbonyl (C=O) groups is 2. The van der Waals surface area contributed by atoms with E-state index in [-0.39, 0.29) is 36.8 Å². The van der Waals surface area contributed by atoms with E-state index in [2.05, 4.69) is 5.32 Å². The number of aryl methyl sites for hydroxylation is 1. The van der Waals surface area contributed by atoms with E-state index >= 15 is 0 Å². The summed E-state index contributed by atoms with van der Waals surface area (Å²) < 4.78 is 19.2. The standard InChI is InChI=1S/C28H31FN2O3/c1-20(2)30-28(33)26(17-22-9-5-4-6-10-22)31(18-23-12-14-24(29)15-13-23)27(32)19-34-25-11-7-8-21(3)16-25/h4-16,20,26H,17-19H2,1-3H3,(H,30,33)/t26-/m1/s1. The van der Waals surface area contributed by atoms with Crippen LogP contribution in [0.3, 0.4) is 0 Å². The lowest BCUT2D eigenvalue weighted by Gasteiger charge is -2.32. The monoisotopic (exact) mass is 462 g/mol. The Morgan fingerprint density at radius 3 is 2.29 bits per heavy atom. The first-order chi connectivity index (χ1) is 16.3. The number of hydrogen-bond acceptors (Lipinski definition) is 3. The maximum atomic E-state index is 13.5. The van der Waals surface area contributed by atoms with Gasteiger partial charge in [0, 0.05) is 19.0 Å². The van der Waals surface area contributed by atoms with E-state index in [4.69, 9.17) is 4.74 Å². The lowest BCUT2D eigenvalue weighted by Crippen LogP contribution is -2.52. The highest BCUT2D eigenvalue weighted by molar-refractivity contribution is 5.88. The number of nitrogens with one attached hydrogen (secondary N) is 1.